The normalized spacial score (nSPS) is 17.7. The first-order chi connectivity index (χ1) is 8.49. The van der Waals surface area contributed by atoms with Crippen LogP contribution in [0.4, 0.5) is 10.1 Å². The third kappa shape index (κ3) is 3.31. The van der Waals surface area contributed by atoms with E-state index in [1.165, 1.54) is 22.5 Å². The number of rotatable bonds is 3. The molecule has 0 atom stereocenters. The molecule has 1 aromatic carbocycles. The third-order valence-electron chi connectivity index (χ3n) is 2.59. The molecule has 0 radical (unpaired) electrons. The highest BCUT2D eigenvalue weighted by Crippen LogP contribution is 2.21. The van der Waals surface area contributed by atoms with Gasteiger partial charge in [-0.15, -0.1) is 0 Å². The molecule has 0 amide bonds. The maximum absolute atomic E-state index is 12.9. The van der Waals surface area contributed by atoms with Crippen LogP contribution >= 0.6 is 22.6 Å². The summed E-state index contributed by atoms with van der Waals surface area (Å²) in [5.41, 5.74) is 0.399. The average molecular weight is 385 g/mol. The number of hydrogen-bond donors (Lipinski definition) is 2. The highest BCUT2D eigenvalue weighted by atomic mass is 127. The zero-order valence-electron chi connectivity index (χ0n) is 9.49. The number of halogens is 2. The molecule has 8 heteroatoms. The Bertz CT molecular complexity index is 532. The number of benzene rings is 1. The molecule has 2 rings (SSSR count). The van der Waals surface area contributed by atoms with Crippen LogP contribution in [0.25, 0.3) is 0 Å². The third-order valence-corrected chi connectivity index (χ3v) is 5.00. The van der Waals surface area contributed by atoms with Crippen LogP contribution in [0, 0.1) is 9.39 Å². The van der Waals surface area contributed by atoms with Gasteiger partial charge in [-0.25, -0.2) is 4.39 Å². The maximum Gasteiger partial charge on any atom is 0.301 e. The fourth-order valence-electron chi connectivity index (χ4n) is 1.66. The lowest BCUT2D eigenvalue weighted by Crippen LogP contribution is -2.48. The van der Waals surface area contributed by atoms with Crippen molar-refractivity contribution in [1.29, 1.82) is 0 Å². The van der Waals surface area contributed by atoms with Gasteiger partial charge in [-0.05, 0) is 40.8 Å². The van der Waals surface area contributed by atoms with Gasteiger partial charge in [0, 0.05) is 29.7 Å². The van der Waals surface area contributed by atoms with Gasteiger partial charge in [0.1, 0.15) is 5.82 Å². The Kier molecular flexibility index (Phi) is 4.41. The minimum absolute atomic E-state index is 0.385. The molecule has 2 N–H and O–H groups in total. The molecule has 100 valence electrons. The van der Waals surface area contributed by atoms with Crippen LogP contribution in [-0.2, 0) is 10.2 Å². The van der Waals surface area contributed by atoms with E-state index in [1.807, 2.05) is 22.6 Å². The molecular formula is C10H13FIN3O2S. The summed E-state index contributed by atoms with van der Waals surface area (Å²) >= 11 is 1.90. The van der Waals surface area contributed by atoms with Gasteiger partial charge < -0.3 is 5.32 Å². The van der Waals surface area contributed by atoms with Crippen molar-refractivity contribution in [2.75, 3.05) is 30.9 Å². The Labute approximate surface area is 119 Å². The summed E-state index contributed by atoms with van der Waals surface area (Å²) in [5.74, 6) is -0.385. The summed E-state index contributed by atoms with van der Waals surface area (Å²) in [4.78, 5) is 0. The van der Waals surface area contributed by atoms with Crippen molar-refractivity contribution in [3.63, 3.8) is 0 Å². The van der Waals surface area contributed by atoms with Gasteiger partial charge in [-0.1, -0.05) is 0 Å². The molecule has 0 spiro atoms. The second-order valence-electron chi connectivity index (χ2n) is 3.88. The van der Waals surface area contributed by atoms with Crippen molar-refractivity contribution < 1.29 is 12.8 Å². The Morgan fingerprint density at radius 3 is 2.61 bits per heavy atom. The molecule has 0 bridgehead atoms. The first kappa shape index (κ1) is 14.0. The lowest BCUT2D eigenvalue weighted by atomic mass is 10.3. The minimum atomic E-state index is -3.56. The van der Waals surface area contributed by atoms with Gasteiger partial charge in [0.2, 0.25) is 0 Å². The summed E-state index contributed by atoms with van der Waals surface area (Å²) in [6, 6.07) is 3.95. The topological polar surface area (TPSA) is 61.4 Å². The van der Waals surface area contributed by atoms with Crippen LogP contribution < -0.4 is 10.0 Å². The highest BCUT2D eigenvalue weighted by molar-refractivity contribution is 14.1. The van der Waals surface area contributed by atoms with Crippen LogP contribution in [0.5, 0.6) is 0 Å². The number of hydrogen-bond acceptors (Lipinski definition) is 3. The summed E-state index contributed by atoms with van der Waals surface area (Å²) in [7, 11) is -3.56. The van der Waals surface area contributed by atoms with Crippen molar-refractivity contribution in [1.82, 2.24) is 9.62 Å². The lowest BCUT2D eigenvalue weighted by molar-refractivity contribution is 0.362. The van der Waals surface area contributed by atoms with E-state index in [-0.39, 0.29) is 5.82 Å². The predicted octanol–water partition coefficient (Wildman–Crippen LogP) is 0.992. The van der Waals surface area contributed by atoms with E-state index in [1.54, 1.807) is 0 Å². The fraction of sp³-hybridized carbons (Fsp3) is 0.400. The quantitative estimate of drug-likeness (QED) is 0.764. The Morgan fingerprint density at radius 2 is 2.00 bits per heavy atom. The van der Waals surface area contributed by atoms with E-state index in [4.69, 9.17) is 0 Å². The molecule has 1 aliphatic heterocycles. The lowest BCUT2D eigenvalue weighted by Gasteiger charge is -2.27. The monoisotopic (exact) mass is 385 g/mol. The number of nitrogens with one attached hydrogen (secondary N) is 2. The van der Waals surface area contributed by atoms with Crippen molar-refractivity contribution in [2.24, 2.45) is 0 Å². The zero-order chi connectivity index (χ0) is 13.2. The second-order valence-corrected chi connectivity index (χ2v) is 6.71. The predicted molar refractivity (Wildman–Crippen MR) is 76.1 cm³/mol. The van der Waals surface area contributed by atoms with Crippen LogP contribution in [0.3, 0.4) is 0 Å². The van der Waals surface area contributed by atoms with E-state index >= 15 is 0 Å². The van der Waals surface area contributed by atoms with Crippen LogP contribution in [-0.4, -0.2) is 38.9 Å². The minimum Gasteiger partial charge on any atom is -0.314 e. The Balaban J connectivity index is 2.16. The van der Waals surface area contributed by atoms with Crippen LogP contribution in [0.1, 0.15) is 0 Å². The molecule has 0 saturated carbocycles. The zero-order valence-corrected chi connectivity index (χ0v) is 12.5. The molecular weight excluding hydrogens is 372 g/mol. The van der Waals surface area contributed by atoms with Crippen molar-refractivity contribution >= 4 is 38.5 Å². The summed E-state index contributed by atoms with van der Waals surface area (Å²) in [6.07, 6.45) is 0. The van der Waals surface area contributed by atoms with Crippen LogP contribution in [0.15, 0.2) is 18.2 Å². The number of nitrogens with zero attached hydrogens (tertiary/aromatic N) is 1. The van der Waals surface area contributed by atoms with Crippen LogP contribution in [0.2, 0.25) is 0 Å². The molecule has 1 fully saturated rings. The average Bonchev–Trinajstić information content (AvgIpc) is 2.34. The van der Waals surface area contributed by atoms with Crippen molar-refractivity contribution in [3.05, 3.63) is 27.6 Å². The van der Waals surface area contributed by atoms with E-state index in [9.17, 15) is 12.8 Å². The first-order valence-corrected chi connectivity index (χ1v) is 7.94. The SMILES string of the molecule is O=S(=O)(Nc1ccc(F)cc1I)N1CCNCC1. The molecule has 1 saturated heterocycles. The first-order valence-electron chi connectivity index (χ1n) is 5.43. The molecule has 1 aromatic rings. The Hall–Kier alpha value is -0.450. The summed E-state index contributed by atoms with van der Waals surface area (Å²) in [6.45, 7) is 2.16. The smallest absolute Gasteiger partial charge is 0.301 e. The largest absolute Gasteiger partial charge is 0.314 e. The molecule has 1 aliphatic rings. The maximum atomic E-state index is 12.9. The van der Waals surface area contributed by atoms with E-state index in [2.05, 4.69) is 10.0 Å². The second kappa shape index (κ2) is 5.68. The standard InChI is InChI=1S/C10H13FIN3O2S/c11-8-1-2-10(9(12)7-8)14-18(16,17)15-5-3-13-4-6-15/h1-2,7,13-14H,3-6H2. The Morgan fingerprint density at radius 1 is 1.33 bits per heavy atom. The molecule has 18 heavy (non-hydrogen) atoms. The van der Waals surface area contributed by atoms with Gasteiger partial charge in [0.15, 0.2) is 0 Å². The molecule has 5 nitrogen and oxygen atoms in total. The molecule has 0 unspecified atom stereocenters. The van der Waals surface area contributed by atoms with Gasteiger partial charge in [-0.2, -0.15) is 12.7 Å². The van der Waals surface area contributed by atoms with E-state index < -0.39 is 10.2 Å². The molecule has 0 aliphatic carbocycles. The van der Waals surface area contributed by atoms with Gasteiger partial charge in [0.25, 0.3) is 0 Å². The summed E-state index contributed by atoms with van der Waals surface area (Å²) in [5, 5.41) is 3.08. The van der Waals surface area contributed by atoms with Crippen molar-refractivity contribution in [3.8, 4) is 0 Å². The van der Waals surface area contributed by atoms with Gasteiger partial charge in [-0.3, -0.25) is 4.72 Å². The number of anilines is 1. The highest BCUT2D eigenvalue weighted by Gasteiger charge is 2.24. The van der Waals surface area contributed by atoms with Crippen molar-refractivity contribution in [2.45, 2.75) is 0 Å². The van der Waals surface area contributed by atoms with Gasteiger partial charge in [0.05, 0.1) is 5.69 Å². The number of piperazine rings is 1. The van der Waals surface area contributed by atoms with E-state index in [0.29, 0.717) is 35.4 Å². The van der Waals surface area contributed by atoms with E-state index in [0.717, 1.165) is 0 Å². The summed E-state index contributed by atoms with van der Waals surface area (Å²) < 4.78 is 41.5. The fourth-order valence-corrected chi connectivity index (χ4v) is 3.70. The molecule has 0 aromatic heterocycles. The molecule has 1 heterocycles. The van der Waals surface area contributed by atoms with Gasteiger partial charge >= 0.3 is 10.2 Å².